The molecule has 0 fully saturated rings. The van der Waals surface area contributed by atoms with Crippen molar-refractivity contribution in [2.45, 2.75) is 33.7 Å². The Morgan fingerprint density at radius 3 is 2.66 bits per heavy atom. The zero-order valence-corrected chi connectivity index (χ0v) is 17.9. The van der Waals surface area contributed by atoms with E-state index in [1.54, 1.807) is 9.80 Å². The third-order valence-corrected chi connectivity index (χ3v) is 5.95. The van der Waals surface area contributed by atoms with Gasteiger partial charge in [-0.1, -0.05) is 18.2 Å². The molecule has 0 radical (unpaired) electrons. The van der Waals surface area contributed by atoms with Crippen LogP contribution in [0, 0.1) is 11.3 Å². The van der Waals surface area contributed by atoms with Gasteiger partial charge in [0.25, 0.3) is 5.91 Å². The Labute approximate surface area is 175 Å². The van der Waals surface area contributed by atoms with E-state index in [-0.39, 0.29) is 5.91 Å². The number of aliphatic imine (C=N–C) groups is 1. The van der Waals surface area contributed by atoms with Gasteiger partial charge in [-0.15, -0.1) is 0 Å². The van der Waals surface area contributed by atoms with Crippen molar-refractivity contribution >= 4 is 22.8 Å². The fraction of sp³-hybridized carbons (Fsp3) is 0.381. The van der Waals surface area contributed by atoms with Gasteiger partial charge >= 0.3 is 0 Å². The quantitative estimate of drug-likeness (QED) is 0.771. The molecule has 1 aromatic carbocycles. The van der Waals surface area contributed by atoms with Crippen molar-refractivity contribution in [2.24, 2.45) is 10.7 Å². The van der Waals surface area contributed by atoms with Crippen LogP contribution in [0.4, 0.5) is 0 Å². The monoisotopic (exact) mass is 411 g/mol. The highest BCUT2D eigenvalue weighted by Crippen LogP contribution is 2.47. The molecule has 0 saturated carbocycles. The van der Waals surface area contributed by atoms with Gasteiger partial charge in [-0.2, -0.15) is 5.26 Å². The molecule has 152 valence electrons. The van der Waals surface area contributed by atoms with E-state index in [0.717, 1.165) is 5.56 Å². The molecule has 1 atom stereocenters. The largest absolute Gasteiger partial charge is 0.494 e. The number of hydrogen-bond donors (Lipinski definition) is 1. The second-order valence-corrected chi connectivity index (χ2v) is 7.52. The Balaban J connectivity index is 2.24. The van der Waals surface area contributed by atoms with E-state index < -0.39 is 6.04 Å². The Hall–Kier alpha value is -2.92. The Kier molecular flexibility index (Phi) is 6.18. The second kappa shape index (κ2) is 8.62. The summed E-state index contributed by atoms with van der Waals surface area (Å²) >= 11 is 1.23. The zero-order chi connectivity index (χ0) is 21.1. The Morgan fingerprint density at radius 2 is 2.03 bits per heavy atom. The topological polar surface area (TPSA) is 94.9 Å². The van der Waals surface area contributed by atoms with Crippen LogP contribution in [0.25, 0.3) is 0 Å². The highest BCUT2D eigenvalue weighted by atomic mass is 32.2. The van der Waals surface area contributed by atoms with E-state index in [1.807, 2.05) is 52.0 Å². The summed E-state index contributed by atoms with van der Waals surface area (Å²) in [6, 6.07) is 9.24. The molecule has 1 aromatic rings. The third kappa shape index (κ3) is 3.58. The molecule has 2 aliphatic heterocycles. The highest BCUT2D eigenvalue weighted by molar-refractivity contribution is 8.17. The standard InChI is InChI=1S/C21H25N5O2S/c1-5-25(6-2)20(27)17-13(4)24-21-26(19(23)16(12-22)29-21)18(17)14-10-8-9-11-15(14)28-7-3/h8-11,18H,5-7,23H2,1-4H3/t18-/m1/s1. The molecule has 0 aromatic heterocycles. The molecule has 3 rings (SSSR count). The molecule has 0 aliphatic carbocycles. The zero-order valence-electron chi connectivity index (χ0n) is 17.1. The number of nitriles is 1. The van der Waals surface area contributed by atoms with Crippen LogP contribution in [-0.2, 0) is 4.79 Å². The van der Waals surface area contributed by atoms with Gasteiger partial charge in [0.1, 0.15) is 22.5 Å². The number of benzene rings is 1. The highest BCUT2D eigenvalue weighted by Gasteiger charge is 2.43. The minimum atomic E-state index is -0.517. The minimum absolute atomic E-state index is 0.0881. The van der Waals surface area contributed by atoms with Gasteiger partial charge in [0, 0.05) is 18.7 Å². The summed E-state index contributed by atoms with van der Waals surface area (Å²) in [5.41, 5.74) is 8.33. The van der Waals surface area contributed by atoms with Gasteiger partial charge in [0.05, 0.1) is 23.9 Å². The summed E-state index contributed by atoms with van der Waals surface area (Å²) in [4.78, 5) is 22.0. The molecule has 0 unspecified atom stereocenters. The van der Waals surface area contributed by atoms with Gasteiger partial charge in [-0.25, -0.2) is 4.99 Å². The molecule has 2 heterocycles. The van der Waals surface area contributed by atoms with Crippen molar-refractivity contribution < 1.29 is 9.53 Å². The predicted molar refractivity (Wildman–Crippen MR) is 115 cm³/mol. The van der Waals surface area contributed by atoms with Crippen molar-refractivity contribution in [1.29, 1.82) is 5.26 Å². The molecular weight excluding hydrogens is 386 g/mol. The summed E-state index contributed by atoms with van der Waals surface area (Å²) in [7, 11) is 0. The number of nitrogens with two attached hydrogens (primary N) is 1. The van der Waals surface area contributed by atoms with Crippen LogP contribution in [0.5, 0.6) is 5.75 Å². The fourth-order valence-electron chi connectivity index (χ4n) is 3.58. The number of allylic oxidation sites excluding steroid dienone is 2. The van der Waals surface area contributed by atoms with Crippen LogP contribution in [0.15, 0.2) is 51.3 Å². The van der Waals surface area contributed by atoms with Gasteiger partial charge in [-0.3, -0.25) is 9.69 Å². The maximum atomic E-state index is 13.5. The summed E-state index contributed by atoms with van der Waals surface area (Å²) in [6.45, 7) is 9.32. The van der Waals surface area contributed by atoms with Crippen LogP contribution in [0.2, 0.25) is 0 Å². The van der Waals surface area contributed by atoms with Crippen LogP contribution in [-0.4, -0.2) is 40.6 Å². The molecular formula is C21H25N5O2S. The first-order valence-electron chi connectivity index (χ1n) is 9.65. The van der Waals surface area contributed by atoms with E-state index in [2.05, 4.69) is 11.1 Å². The Bertz CT molecular complexity index is 956. The number of para-hydroxylation sites is 1. The van der Waals surface area contributed by atoms with E-state index >= 15 is 0 Å². The molecule has 29 heavy (non-hydrogen) atoms. The first kappa shape index (κ1) is 20.8. The van der Waals surface area contributed by atoms with Crippen molar-refractivity contribution in [1.82, 2.24) is 9.80 Å². The number of rotatable bonds is 6. The molecule has 0 spiro atoms. The number of nitrogens with zero attached hydrogens (tertiary/aromatic N) is 4. The van der Waals surface area contributed by atoms with Crippen molar-refractivity contribution in [2.75, 3.05) is 19.7 Å². The summed E-state index contributed by atoms with van der Waals surface area (Å²) in [5, 5.41) is 10.1. The SMILES string of the molecule is CCOc1ccccc1[C@@H]1C(C(=O)N(CC)CC)=C(C)N=C2SC(C#N)=C(N)N21. The molecule has 1 amide bonds. The number of hydrogen-bond acceptors (Lipinski definition) is 7. The number of amides is 1. The summed E-state index contributed by atoms with van der Waals surface area (Å²) < 4.78 is 5.86. The first-order valence-corrected chi connectivity index (χ1v) is 10.5. The normalized spacial score (nSPS) is 18.4. The van der Waals surface area contributed by atoms with E-state index in [4.69, 9.17) is 10.5 Å². The van der Waals surface area contributed by atoms with E-state index in [9.17, 15) is 10.1 Å². The van der Waals surface area contributed by atoms with Crippen molar-refractivity contribution in [3.8, 4) is 11.8 Å². The van der Waals surface area contributed by atoms with Gasteiger partial charge in [0.2, 0.25) is 0 Å². The lowest BCUT2D eigenvalue weighted by Crippen LogP contribution is -2.42. The average molecular weight is 412 g/mol. The van der Waals surface area contributed by atoms with Crippen molar-refractivity contribution in [3.63, 3.8) is 0 Å². The third-order valence-electron chi connectivity index (χ3n) is 4.97. The number of carbonyl (C=O) groups excluding carboxylic acids is 1. The average Bonchev–Trinajstić information content (AvgIpc) is 3.03. The molecule has 2 N–H and O–H groups in total. The fourth-order valence-corrected chi connectivity index (χ4v) is 4.50. The second-order valence-electron chi connectivity index (χ2n) is 6.54. The maximum absolute atomic E-state index is 13.5. The lowest BCUT2D eigenvalue weighted by molar-refractivity contribution is -0.127. The lowest BCUT2D eigenvalue weighted by atomic mass is 9.92. The molecule has 0 saturated heterocycles. The number of ether oxygens (including phenoxy) is 1. The number of likely N-dealkylation sites (N-methyl/N-ethyl adjacent to an activating group) is 1. The molecule has 8 heteroatoms. The minimum Gasteiger partial charge on any atom is -0.494 e. The summed E-state index contributed by atoms with van der Waals surface area (Å²) in [6.07, 6.45) is 0. The number of thioether (sulfide) groups is 1. The lowest BCUT2D eigenvalue weighted by Gasteiger charge is -2.37. The number of fused-ring (bicyclic) bond motifs is 1. The van der Waals surface area contributed by atoms with Crippen molar-refractivity contribution in [3.05, 3.63) is 51.8 Å². The smallest absolute Gasteiger partial charge is 0.254 e. The number of carbonyl (C=O) groups is 1. The molecule has 0 bridgehead atoms. The molecule has 7 nitrogen and oxygen atoms in total. The number of amidine groups is 1. The van der Waals surface area contributed by atoms with Crippen LogP contribution in [0.3, 0.4) is 0 Å². The van der Waals surface area contributed by atoms with Gasteiger partial charge in [0.15, 0.2) is 5.17 Å². The predicted octanol–water partition coefficient (Wildman–Crippen LogP) is 3.34. The van der Waals surface area contributed by atoms with Crippen LogP contribution < -0.4 is 10.5 Å². The van der Waals surface area contributed by atoms with E-state index in [0.29, 0.717) is 52.6 Å². The van der Waals surface area contributed by atoms with Gasteiger partial charge in [-0.05, 0) is 45.5 Å². The Morgan fingerprint density at radius 1 is 1.34 bits per heavy atom. The summed E-state index contributed by atoms with van der Waals surface area (Å²) in [5.74, 6) is 0.904. The molecule has 2 aliphatic rings. The van der Waals surface area contributed by atoms with Gasteiger partial charge < -0.3 is 15.4 Å². The van der Waals surface area contributed by atoms with E-state index in [1.165, 1.54) is 11.8 Å². The van der Waals surface area contributed by atoms with Crippen LogP contribution in [0.1, 0.15) is 39.3 Å². The maximum Gasteiger partial charge on any atom is 0.254 e. The first-order chi connectivity index (χ1) is 14.0. The van der Waals surface area contributed by atoms with Crippen LogP contribution >= 0.6 is 11.8 Å².